The second kappa shape index (κ2) is 15.5. The summed E-state index contributed by atoms with van der Waals surface area (Å²) in [7, 11) is 0. The van der Waals surface area contributed by atoms with Crippen LogP contribution in [0.25, 0.3) is 0 Å². The van der Waals surface area contributed by atoms with Gasteiger partial charge < -0.3 is 0 Å². The maximum Gasteiger partial charge on any atom is 0.270 e. The highest BCUT2D eigenvalue weighted by Crippen LogP contribution is 2.39. The Morgan fingerprint density at radius 2 is 1.22 bits per heavy atom. The van der Waals surface area contributed by atoms with Gasteiger partial charge in [-0.2, -0.15) is 5.01 Å². The van der Waals surface area contributed by atoms with E-state index >= 15 is 0 Å². The van der Waals surface area contributed by atoms with Crippen LogP contribution in [0, 0.1) is 0 Å². The molecule has 1 unspecified atom stereocenters. The van der Waals surface area contributed by atoms with Crippen molar-refractivity contribution >= 4 is 5.69 Å². The van der Waals surface area contributed by atoms with Gasteiger partial charge in [-0.05, 0) is 25.3 Å². The lowest BCUT2D eigenvalue weighted by Crippen LogP contribution is -2.26. The fourth-order valence-corrected chi connectivity index (χ4v) is 5.42. The molecule has 0 spiro atoms. The molecule has 0 aliphatic carbocycles. The van der Waals surface area contributed by atoms with Crippen LogP contribution in [0.2, 0.25) is 0 Å². The van der Waals surface area contributed by atoms with Gasteiger partial charge in [-0.15, -0.1) is 0 Å². The van der Waals surface area contributed by atoms with Crippen molar-refractivity contribution < 1.29 is 4.81 Å². The Morgan fingerprint density at radius 1 is 0.719 bits per heavy atom. The van der Waals surface area contributed by atoms with Crippen LogP contribution in [0.5, 0.6) is 0 Å². The van der Waals surface area contributed by atoms with Crippen LogP contribution in [0.3, 0.4) is 0 Å². The number of hydrogen-bond acceptors (Lipinski definition) is 2. The van der Waals surface area contributed by atoms with Gasteiger partial charge >= 0.3 is 0 Å². The molecule has 0 saturated carbocycles. The molecule has 2 aliphatic rings. The molecule has 180 valence electrons. The van der Waals surface area contributed by atoms with E-state index in [-0.39, 0.29) is 0 Å². The summed E-state index contributed by atoms with van der Waals surface area (Å²) >= 11 is 0. The third-order valence-corrected chi connectivity index (χ3v) is 7.44. The highest BCUT2D eigenvalue weighted by Gasteiger charge is 2.37. The molecule has 2 heterocycles. The minimum atomic E-state index is 0.374. The van der Waals surface area contributed by atoms with Crippen molar-refractivity contribution in [3.8, 4) is 0 Å². The van der Waals surface area contributed by atoms with E-state index in [9.17, 15) is 0 Å². The summed E-state index contributed by atoms with van der Waals surface area (Å²) in [6.45, 7) is 4.61. The van der Waals surface area contributed by atoms with Crippen molar-refractivity contribution in [2.45, 2.75) is 135 Å². The number of hydrazine groups is 1. The third-order valence-electron chi connectivity index (χ3n) is 7.44. The zero-order chi connectivity index (χ0) is 22.3. The summed E-state index contributed by atoms with van der Waals surface area (Å²) in [5.74, 6) is 0. The standard InChI is InChI=1S/C29H50N3/c1-2-3-4-5-6-7-8-9-10-11-12-13-14-15-16-17-23-28-27-22-18-19-24-29(27)32(30-28)31-25-20-21-26-31/h18-19,22,24,28H,2-17,20-21,23,25-26H2,1H3/q+1. The summed E-state index contributed by atoms with van der Waals surface area (Å²) in [6, 6.07) is 9.27. The number of nitrogens with zero attached hydrogens (tertiary/aromatic N) is 3. The Labute approximate surface area is 198 Å². The highest BCUT2D eigenvalue weighted by molar-refractivity contribution is 5.43. The van der Waals surface area contributed by atoms with Gasteiger partial charge in [0.15, 0.2) is 0 Å². The van der Waals surface area contributed by atoms with Crippen molar-refractivity contribution in [3.63, 3.8) is 0 Å². The average Bonchev–Trinajstić information content (AvgIpc) is 3.47. The molecule has 1 aromatic rings. The fourth-order valence-electron chi connectivity index (χ4n) is 5.42. The van der Waals surface area contributed by atoms with Gasteiger partial charge in [0.05, 0.1) is 18.7 Å². The van der Waals surface area contributed by atoms with E-state index in [1.54, 1.807) is 0 Å². The minimum Gasteiger partial charge on any atom is -0.156 e. The molecule has 1 aromatic carbocycles. The van der Waals surface area contributed by atoms with E-state index in [0.717, 1.165) is 13.1 Å². The quantitative estimate of drug-likeness (QED) is 0.164. The minimum absolute atomic E-state index is 0.374. The second-order valence-corrected chi connectivity index (χ2v) is 10.2. The van der Waals surface area contributed by atoms with Crippen molar-refractivity contribution in [1.29, 1.82) is 0 Å². The van der Waals surface area contributed by atoms with Crippen molar-refractivity contribution in [1.82, 2.24) is 5.01 Å². The summed E-state index contributed by atoms with van der Waals surface area (Å²) in [5, 5.41) is 7.54. The molecule has 1 fully saturated rings. The van der Waals surface area contributed by atoms with Gasteiger partial charge in [-0.1, -0.05) is 122 Å². The van der Waals surface area contributed by atoms with Crippen LogP contribution < -0.4 is 0 Å². The fraction of sp³-hybridized carbons (Fsp3) is 0.793. The number of fused-ring (bicyclic) bond motifs is 1. The zero-order valence-electron chi connectivity index (χ0n) is 21.1. The van der Waals surface area contributed by atoms with E-state index in [1.807, 2.05) is 0 Å². The summed E-state index contributed by atoms with van der Waals surface area (Å²) in [4.78, 5) is 2.24. The number of rotatable bonds is 18. The first kappa shape index (κ1) is 25.2. The van der Waals surface area contributed by atoms with Gasteiger partial charge in [0.25, 0.3) is 5.69 Å². The molecule has 32 heavy (non-hydrogen) atoms. The Morgan fingerprint density at radius 3 is 1.78 bits per heavy atom. The van der Waals surface area contributed by atoms with Gasteiger partial charge in [0, 0.05) is 16.0 Å². The summed E-state index contributed by atoms with van der Waals surface area (Å²) in [6.07, 6.45) is 26.7. The molecule has 0 bridgehead atoms. The maximum atomic E-state index is 5.10. The Bertz CT molecular complexity index is 648. The molecule has 3 rings (SSSR count). The largest absolute Gasteiger partial charge is 0.270 e. The van der Waals surface area contributed by atoms with Crippen molar-refractivity contribution in [2.24, 2.45) is 5.11 Å². The molecule has 0 amide bonds. The number of hydrogen-bond donors (Lipinski definition) is 0. The van der Waals surface area contributed by atoms with Crippen LogP contribution in [-0.2, 0) is 0 Å². The van der Waals surface area contributed by atoms with Crippen LogP contribution >= 0.6 is 0 Å². The first-order valence-corrected chi connectivity index (χ1v) is 14.2. The van der Waals surface area contributed by atoms with Gasteiger partial charge in [0.1, 0.15) is 6.04 Å². The number of benzene rings is 1. The van der Waals surface area contributed by atoms with E-state index < -0.39 is 0 Å². The summed E-state index contributed by atoms with van der Waals surface area (Å²) in [5.41, 5.74) is 2.77. The van der Waals surface area contributed by atoms with Crippen LogP contribution in [0.4, 0.5) is 5.69 Å². The van der Waals surface area contributed by atoms with E-state index in [1.165, 1.54) is 133 Å². The maximum absolute atomic E-state index is 5.10. The van der Waals surface area contributed by atoms with Crippen molar-refractivity contribution in [3.05, 3.63) is 29.8 Å². The number of unbranched alkanes of at least 4 members (excludes halogenated alkanes) is 15. The lowest BCUT2D eigenvalue weighted by Gasteiger charge is -2.08. The van der Waals surface area contributed by atoms with Crippen LogP contribution in [0.15, 0.2) is 29.4 Å². The smallest absolute Gasteiger partial charge is 0.156 e. The Kier molecular flexibility index (Phi) is 12.2. The topological polar surface area (TPSA) is 18.6 Å². The predicted octanol–water partition coefficient (Wildman–Crippen LogP) is 9.50. The zero-order valence-corrected chi connectivity index (χ0v) is 21.1. The van der Waals surface area contributed by atoms with Gasteiger partial charge in [-0.25, -0.2) is 0 Å². The van der Waals surface area contributed by atoms with E-state index in [2.05, 4.69) is 41.0 Å². The molecular formula is C29H50N3+. The first-order valence-electron chi connectivity index (χ1n) is 14.2. The molecule has 0 radical (unpaired) electrons. The van der Waals surface area contributed by atoms with E-state index in [0.29, 0.717) is 6.04 Å². The van der Waals surface area contributed by atoms with E-state index in [4.69, 9.17) is 5.11 Å². The monoisotopic (exact) mass is 440 g/mol. The number of para-hydroxylation sites is 1. The molecule has 0 aromatic heterocycles. The van der Waals surface area contributed by atoms with Crippen LogP contribution in [-0.4, -0.2) is 22.9 Å². The second-order valence-electron chi connectivity index (χ2n) is 10.2. The number of azo groups is 1. The molecule has 1 atom stereocenters. The van der Waals surface area contributed by atoms with Crippen molar-refractivity contribution in [2.75, 3.05) is 13.1 Å². The summed E-state index contributed by atoms with van der Waals surface area (Å²) < 4.78 is 0. The SMILES string of the molecule is CCCCCCCCCCCCCCCCCCC1N=[N+](N2CCCC2)c2ccccc21. The Hall–Kier alpha value is -1.38. The van der Waals surface area contributed by atoms with Crippen LogP contribution in [0.1, 0.15) is 141 Å². The normalized spacial score (nSPS) is 17.7. The molecular weight excluding hydrogens is 390 g/mol. The Balaban J connectivity index is 1.17. The molecule has 1 saturated heterocycles. The predicted molar refractivity (Wildman–Crippen MR) is 137 cm³/mol. The highest BCUT2D eigenvalue weighted by atomic mass is 15.7. The molecule has 2 aliphatic heterocycles. The third kappa shape index (κ3) is 8.52. The molecule has 3 heteroatoms. The first-order chi connectivity index (χ1) is 15.9. The average molecular weight is 441 g/mol. The van der Waals surface area contributed by atoms with Gasteiger partial charge in [-0.3, -0.25) is 0 Å². The lowest BCUT2D eigenvalue weighted by atomic mass is 9.99. The van der Waals surface area contributed by atoms with Gasteiger partial charge in [0.2, 0.25) is 0 Å². The molecule has 0 N–H and O–H groups in total. The lowest BCUT2D eigenvalue weighted by molar-refractivity contribution is -0.672. The molecule has 3 nitrogen and oxygen atoms in total.